The molecule has 0 aromatic heterocycles. The molecule has 0 saturated heterocycles. The number of hydrogen-bond acceptors (Lipinski definition) is 3. The lowest BCUT2D eigenvalue weighted by Crippen LogP contribution is -2.62. The van der Waals surface area contributed by atoms with Crippen molar-refractivity contribution in [2.24, 2.45) is 0 Å². The molecular formula is C76H88BN3. The monoisotopic (exact) mass is 1050 g/mol. The van der Waals surface area contributed by atoms with Crippen molar-refractivity contribution in [1.82, 2.24) is 0 Å². The van der Waals surface area contributed by atoms with E-state index in [1.54, 1.807) is 0 Å². The second kappa shape index (κ2) is 16.2. The molecule has 1 saturated carbocycles. The van der Waals surface area contributed by atoms with Crippen LogP contribution < -0.4 is 31.1 Å². The Morgan fingerprint density at radius 3 is 1.41 bits per heavy atom. The van der Waals surface area contributed by atoms with Crippen molar-refractivity contribution in [3.8, 4) is 11.1 Å². The molecule has 14 rings (SSSR count). The third-order valence-electron chi connectivity index (χ3n) is 22.4. The van der Waals surface area contributed by atoms with E-state index in [9.17, 15) is 0 Å². The van der Waals surface area contributed by atoms with Crippen LogP contribution >= 0.6 is 0 Å². The molecule has 7 aromatic carbocycles. The molecule has 3 aliphatic heterocycles. The molecule has 3 nitrogen and oxygen atoms in total. The van der Waals surface area contributed by atoms with Gasteiger partial charge in [0.05, 0.1) is 11.2 Å². The Hall–Kier alpha value is -6.00. The molecule has 7 aromatic rings. The Kier molecular flexibility index (Phi) is 10.5. The third kappa shape index (κ3) is 6.98. The predicted molar refractivity (Wildman–Crippen MR) is 344 cm³/mol. The molecule has 0 bridgehead atoms. The Balaban J connectivity index is 1.18. The zero-order valence-corrected chi connectivity index (χ0v) is 51.9. The molecule has 1 fully saturated rings. The van der Waals surface area contributed by atoms with Crippen LogP contribution in [0.15, 0.2) is 121 Å². The van der Waals surface area contributed by atoms with E-state index in [0.717, 1.165) is 25.7 Å². The zero-order chi connectivity index (χ0) is 56.6. The normalized spacial score (nSPS) is 24.1. The smallest absolute Gasteiger partial charge is 0.252 e. The molecule has 0 amide bonds. The highest BCUT2D eigenvalue weighted by atomic mass is 15.3. The fraction of sp³-hybridized carbons (Fsp3) is 0.447. The topological polar surface area (TPSA) is 9.72 Å². The molecule has 3 heterocycles. The zero-order valence-electron chi connectivity index (χ0n) is 51.9. The molecule has 0 spiro atoms. The summed E-state index contributed by atoms with van der Waals surface area (Å²) in [4.78, 5) is 8.47. The number of aryl methyl sites for hydroxylation is 1. The summed E-state index contributed by atoms with van der Waals surface area (Å²) >= 11 is 0. The number of benzene rings is 7. The average Bonchev–Trinajstić information content (AvgIpc) is 1.51. The fourth-order valence-electron chi connectivity index (χ4n) is 19.1. The third-order valence-corrected chi connectivity index (χ3v) is 22.4. The lowest BCUT2D eigenvalue weighted by molar-refractivity contribution is 0.195. The minimum atomic E-state index is -0.139. The predicted octanol–water partition coefficient (Wildman–Crippen LogP) is 18.7. The van der Waals surface area contributed by atoms with Crippen molar-refractivity contribution in [3.63, 3.8) is 0 Å². The summed E-state index contributed by atoms with van der Waals surface area (Å²) < 4.78 is 0. The van der Waals surface area contributed by atoms with Gasteiger partial charge in [-0.1, -0.05) is 196 Å². The van der Waals surface area contributed by atoms with Gasteiger partial charge in [0, 0.05) is 50.8 Å². The van der Waals surface area contributed by atoms with E-state index in [2.05, 4.69) is 261 Å². The van der Waals surface area contributed by atoms with E-state index in [4.69, 9.17) is 0 Å². The number of rotatable bonds is 4. The maximum absolute atomic E-state index is 2.86. The van der Waals surface area contributed by atoms with Crippen molar-refractivity contribution in [1.29, 1.82) is 0 Å². The molecule has 80 heavy (non-hydrogen) atoms. The van der Waals surface area contributed by atoms with Gasteiger partial charge in [0.2, 0.25) is 0 Å². The fourth-order valence-corrected chi connectivity index (χ4v) is 19.1. The Morgan fingerprint density at radius 1 is 0.412 bits per heavy atom. The first-order valence-corrected chi connectivity index (χ1v) is 30.8. The van der Waals surface area contributed by atoms with Gasteiger partial charge in [0.1, 0.15) is 0 Å². The van der Waals surface area contributed by atoms with E-state index < -0.39 is 0 Å². The number of hydrogen-bond donors (Lipinski definition) is 0. The largest absolute Gasteiger partial charge is 0.334 e. The minimum absolute atomic E-state index is 0.00436. The van der Waals surface area contributed by atoms with Crippen LogP contribution in [0, 0.1) is 6.92 Å². The Bertz CT molecular complexity index is 3820. The second-order valence-electron chi connectivity index (χ2n) is 31.9. The highest BCUT2D eigenvalue weighted by molar-refractivity contribution is 7.00. The van der Waals surface area contributed by atoms with E-state index in [0.29, 0.717) is 0 Å². The van der Waals surface area contributed by atoms with E-state index in [1.165, 1.54) is 142 Å². The van der Waals surface area contributed by atoms with Crippen LogP contribution in [-0.2, 0) is 43.3 Å². The number of anilines is 8. The molecule has 2 unspecified atom stereocenters. The molecule has 4 aliphatic carbocycles. The van der Waals surface area contributed by atoms with Crippen LogP contribution in [0.25, 0.3) is 11.1 Å². The van der Waals surface area contributed by atoms with E-state index in [-0.39, 0.29) is 55.6 Å². The molecule has 2 atom stereocenters. The second-order valence-corrected chi connectivity index (χ2v) is 31.9. The summed E-state index contributed by atoms with van der Waals surface area (Å²) in [6, 6.07) is 49.9. The van der Waals surface area contributed by atoms with Crippen LogP contribution in [0.2, 0.25) is 0 Å². The van der Waals surface area contributed by atoms with Crippen molar-refractivity contribution < 1.29 is 0 Å². The van der Waals surface area contributed by atoms with Crippen molar-refractivity contribution in [3.05, 3.63) is 171 Å². The molecule has 7 aliphatic rings. The van der Waals surface area contributed by atoms with Crippen LogP contribution in [0.3, 0.4) is 0 Å². The summed E-state index contributed by atoms with van der Waals surface area (Å²) in [6.45, 7) is 44.8. The summed E-state index contributed by atoms with van der Waals surface area (Å²) in [7, 11) is 0. The van der Waals surface area contributed by atoms with Gasteiger partial charge in [0.15, 0.2) is 0 Å². The summed E-state index contributed by atoms with van der Waals surface area (Å²) in [6.07, 6.45) is 8.17. The van der Waals surface area contributed by atoms with Crippen molar-refractivity contribution in [2.45, 2.75) is 218 Å². The maximum atomic E-state index is 2.86. The first-order valence-electron chi connectivity index (χ1n) is 30.8. The molecule has 4 heteroatoms. The van der Waals surface area contributed by atoms with E-state index in [1.807, 2.05) is 0 Å². The van der Waals surface area contributed by atoms with Gasteiger partial charge >= 0.3 is 0 Å². The maximum Gasteiger partial charge on any atom is 0.252 e. The van der Waals surface area contributed by atoms with Gasteiger partial charge in [-0.05, 0) is 204 Å². The number of fused-ring (bicyclic) bond motifs is 10. The Morgan fingerprint density at radius 2 is 0.875 bits per heavy atom. The molecule has 0 N–H and O–H groups in total. The highest BCUT2D eigenvalue weighted by Crippen LogP contribution is 2.63. The first kappa shape index (κ1) is 52.1. The lowest BCUT2D eigenvalue weighted by Gasteiger charge is -2.51. The summed E-state index contributed by atoms with van der Waals surface area (Å²) in [5.74, 6) is 0. The quantitative estimate of drug-likeness (QED) is 0.163. The van der Waals surface area contributed by atoms with Gasteiger partial charge in [-0.15, -0.1) is 0 Å². The van der Waals surface area contributed by atoms with Crippen molar-refractivity contribution in [2.75, 3.05) is 14.7 Å². The van der Waals surface area contributed by atoms with Gasteiger partial charge in [-0.25, -0.2) is 0 Å². The molecule has 0 radical (unpaired) electrons. The first-order chi connectivity index (χ1) is 37.4. The summed E-state index contributed by atoms with van der Waals surface area (Å²) in [5, 5.41) is 0. The van der Waals surface area contributed by atoms with Gasteiger partial charge < -0.3 is 14.7 Å². The number of para-hydroxylation sites is 1. The SMILES string of the molecule is Cc1cc2c(cc1N1c3cc4c(cc3B3c5cc6c(cc5N(c5ccc(C(C)(C)C)cc5-c5ccccc5)c5cc(N7c8ccccc8C8(C)CCCCC78C)cc1c53)C(C)(C)CC6(C)C)C(C)(C)CC4(C)C)C(C)(C)CC2(C)C. The lowest BCUT2D eigenvalue weighted by atomic mass is 9.33. The van der Waals surface area contributed by atoms with Crippen LogP contribution in [0.1, 0.15) is 213 Å². The van der Waals surface area contributed by atoms with Gasteiger partial charge in [-0.2, -0.15) is 0 Å². The van der Waals surface area contributed by atoms with E-state index >= 15 is 0 Å². The Labute approximate surface area is 481 Å². The molecule has 410 valence electrons. The molecular weight excluding hydrogens is 966 g/mol. The minimum Gasteiger partial charge on any atom is -0.334 e. The average molecular weight is 1050 g/mol. The highest BCUT2D eigenvalue weighted by Gasteiger charge is 2.59. The number of nitrogens with zero attached hydrogens (tertiary/aromatic N) is 3. The standard InChI is InChI=1S/C76H88BN3/c1-46-34-52-55(72(11,12)43-69(52,5)6)40-62(46)79-64-42-57-54(71(9,10)45-74(57,15)16)39-59(64)77-58-38-53-56(73(13,14)44-70(53,7)8)41-63(58)78(60-31-30-48(68(2,3)4)35-50(60)47-26-20-19-21-27-47)65-36-49(37-66(79)67(65)77)80-61-29-23-22-28-51(61)75(17)32-24-25-33-76(75,80)18/h19-23,26-31,34-42H,24-25,32-33,43-45H2,1-18H3. The van der Waals surface area contributed by atoms with Crippen molar-refractivity contribution >= 4 is 68.6 Å². The van der Waals surface area contributed by atoms with Gasteiger partial charge in [0.25, 0.3) is 6.71 Å². The van der Waals surface area contributed by atoms with Gasteiger partial charge in [-0.3, -0.25) is 0 Å². The van der Waals surface area contributed by atoms with Crippen LogP contribution in [0.5, 0.6) is 0 Å². The summed E-state index contributed by atoms with van der Waals surface area (Å²) in [5.41, 5.74) is 30.5. The van der Waals surface area contributed by atoms with Crippen LogP contribution in [-0.4, -0.2) is 12.3 Å². The van der Waals surface area contributed by atoms with Crippen LogP contribution in [0.4, 0.5) is 45.5 Å².